The highest BCUT2D eigenvalue weighted by molar-refractivity contribution is 5.85. The van der Waals surface area contributed by atoms with Gasteiger partial charge in [0.25, 0.3) is 0 Å². The van der Waals surface area contributed by atoms with Crippen molar-refractivity contribution in [2.24, 2.45) is 0 Å². The lowest BCUT2D eigenvalue weighted by Gasteiger charge is -2.27. The average Bonchev–Trinajstić information content (AvgIpc) is 2.45. The minimum absolute atomic E-state index is 0. The van der Waals surface area contributed by atoms with Crippen molar-refractivity contribution >= 4 is 36.4 Å². The molecule has 21 heavy (non-hydrogen) atoms. The number of nitrogens with zero attached hydrogens (tertiary/aromatic N) is 1. The molecule has 1 aromatic rings. The van der Waals surface area contributed by atoms with E-state index in [-0.39, 0.29) is 36.8 Å². The van der Waals surface area contributed by atoms with Crippen molar-refractivity contribution in [2.75, 3.05) is 32.1 Å². The van der Waals surface area contributed by atoms with Crippen LogP contribution in [0.1, 0.15) is 19.8 Å². The maximum Gasteiger partial charge on any atom is 0.220 e. The molecule has 0 aliphatic heterocycles. The van der Waals surface area contributed by atoms with E-state index in [9.17, 15) is 4.79 Å². The summed E-state index contributed by atoms with van der Waals surface area (Å²) in [5.74, 6) is 0.128. The summed E-state index contributed by atoms with van der Waals surface area (Å²) in [7, 11) is 3.95. The summed E-state index contributed by atoms with van der Waals surface area (Å²) < 4.78 is 0. The van der Waals surface area contributed by atoms with Crippen molar-refractivity contribution in [3.63, 3.8) is 0 Å². The van der Waals surface area contributed by atoms with Crippen molar-refractivity contribution < 1.29 is 4.79 Å². The molecule has 0 heterocycles. The van der Waals surface area contributed by atoms with Crippen molar-refractivity contribution in [3.05, 3.63) is 30.3 Å². The van der Waals surface area contributed by atoms with E-state index in [0.29, 0.717) is 13.0 Å². The number of carbonyl (C=O) groups excluding carboxylic acids is 1. The molecule has 0 bridgehead atoms. The van der Waals surface area contributed by atoms with Crippen molar-refractivity contribution in [1.82, 2.24) is 10.6 Å². The maximum atomic E-state index is 11.6. The second-order valence-corrected chi connectivity index (χ2v) is 4.81. The number of amides is 1. The number of hydrogen-bond donors (Lipinski definition) is 2. The Balaban J connectivity index is 0. The normalized spacial score (nSPS) is 10.8. The highest BCUT2D eigenvalue weighted by Crippen LogP contribution is 2.13. The van der Waals surface area contributed by atoms with Gasteiger partial charge in [0, 0.05) is 31.7 Å². The van der Waals surface area contributed by atoms with Crippen LogP contribution in [0.2, 0.25) is 0 Å². The number of benzene rings is 1. The second kappa shape index (κ2) is 12.7. The molecule has 0 aliphatic carbocycles. The molecule has 0 saturated carbocycles. The van der Waals surface area contributed by atoms with Gasteiger partial charge in [-0.3, -0.25) is 4.79 Å². The smallest absolute Gasteiger partial charge is 0.220 e. The fraction of sp³-hybridized carbons (Fsp3) is 0.533. The van der Waals surface area contributed by atoms with Crippen LogP contribution < -0.4 is 15.5 Å². The minimum Gasteiger partial charge on any atom is -0.370 e. The summed E-state index contributed by atoms with van der Waals surface area (Å²) in [6.45, 7) is 3.66. The van der Waals surface area contributed by atoms with Gasteiger partial charge >= 0.3 is 0 Å². The Bertz CT molecular complexity index is 376. The summed E-state index contributed by atoms with van der Waals surface area (Å²) in [4.78, 5) is 13.8. The van der Waals surface area contributed by atoms with Crippen LogP contribution in [0.5, 0.6) is 0 Å². The zero-order valence-electron chi connectivity index (χ0n) is 13.0. The lowest BCUT2D eigenvalue weighted by molar-refractivity contribution is -0.121. The quantitative estimate of drug-likeness (QED) is 0.717. The summed E-state index contributed by atoms with van der Waals surface area (Å²) in [5, 5.41) is 6.02. The Labute approximate surface area is 140 Å². The fourth-order valence-electron chi connectivity index (χ4n) is 1.83. The van der Waals surface area contributed by atoms with E-state index in [0.717, 1.165) is 13.0 Å². The van der Waals surface area contributed by atoms with Crippen molar-refractivity contribution in [2.45, 2.75) is 25.8 Å². The van der Waals surface area contributed by atoms with E-state index in [4.69, 9.17) is 0 Å². The van der Waals surface area contributed by atoms with Crippen LogP contribution in [0, 0.1) is 0 Å². The van der Waals surface area contributed by atoms with Crippen LogP contribution in [0.3, 0.4) is 0 Å². The molecule has 0 aromatic heterocycles. The Morgan fingerprint density at radius 2 is 1.86 bits per heavy atom. The first-order valence-corrected chi connectivity index (χ1v) is 6.84. The van der Waals surface area contributed by atoms with E-state index in [2.05, 4.69) is 34.6 Å². The maximum absolute atomic E-state index is 11.6. The summed E-state index contributed by atoms with van der Waals surface area (Å²) >= 11 is 0. The third-order valence-electron chi connectivity index (χ3n) is 3.25. The molecule has 6 heteroatoms. The molecule has 1 atom stereocenters. The molecule has 1 rings (SSSR count). The molecule has 1 unspecified atom stereocenters. The molecule has 0 radical (unpaired) electrons. The van der Waals surface area contributed by atoms with E-state index in [1.807, 2.05) is 32.3 Å². The number of halogens is 2. The van der Waals surface area contributed by atoms with E-state index in [1.54, 1.807) is 0 Å². The molecule has 1 aromatic carbocycles. The van der Waals surface area contributed by atoms with Gasteiger partial charge < -0.3 is 15.5 Å². The van der Waals surface area contributed by atoms with Gasteiger partial charge in [-0.25, -0.2) is 0 Å². The number of anilines is 1. The Morgan fingerprint density at radius 3 is 2.43 bits per heavy atom. The lowest BCUT2D eigenvalue weighted by atomic mass is 10.2. The molecule has 0 aliphatic rings. The van der Waals surface area contributed by atoms with Gasteiger partial charge in [-0.1, -0.05) is 18.2 Å². The number of hydrogen-bond acceptors (Lipinski definition) is 3. The molecule has 1 amide bonds. The van der Waals surface area contributed by atoms with Crippen LogP contribution in [0.15, 0.2) is 30.3 Å². The number of para-hydroxylation sites is 1. The van der Waals surface area contributed by atoms with Crippen LogP contribution in [-0.4, -0.2) is 39.1 Å². The van der Waals surface area contributed by atoms with Crippen LogP contribution >= 0.6 is 24.8 Å². The lowest BCUT2D eigenvalue weighted by Crippen LogP contribution is -2.40. The van der Waals surface area contributed by atoms with E-state index >= 15 is 0 Å². The van der Waals surface area contributed by atoms with Crippen LogP contribution in [-0.2, 0) is 4.79 Å². The third kappa shape index (κ3) is 8.81. The minimum atomic E-state index is 0. The van der Waals surface area contributed by atoms with E-state index < -0.39 is 0 Å². The fourth-order valence-corrected chi connectivity index (χ4v) is 1.83. The van der Waals surface area contributed by atoms with Gasteiger partial charge in [0.2, 0.25) is 5.91 Å². The zero-order valence-corrected chi connectivity index (χ0v) is 14.6. The molecule has 122 valence electrons. The topological polar surface area (TPSA) is 44.4 Å². The number of nitrogens with one attached hydrogen (secondary N) is 2. The number of rotatable bonds is 8. The number of carbonyl (C=O) groups is 1. The Hall–Kier alpha value is -0.970. The molecule has 0 spiro atoms. The van der Waals surface area contributed by atoms with Gasteiger partial charge in [-0.15, -0.1) is 24.8 Å². The van der Waals surface area contributed by atoms with E-state index in [1.165, 1.54) is 5.69 Å². The average molecular weight is 336 g/mol. The largest absolute Gasteiger partial charge is 0.370 e. The highest BCUT2D eigenvalue weighted by Gasteiger charge is 2.10. The highest BCUT2D eigenvalue weighted by atomic mass is 35.5. The van der Waals surface area contributed by atoms with Crippen LogP contribution in [0.4, 0.5) is 5.69 Å². The van der Waals surface area contributed by atoms with Gasteiger partial charge in [0.05, 0.1) is 0 Å². The van der Waals surface area contributed by atoms with Gasteiger partial charge in [-0.2, -0.15) is 0 Å². The van der Waals surface area contributed by atoms with Crippen molar-refractivity contribution in [3.8, 4) is 0 Å². The Kier molecular flexibility index (Phi) is 13.5. The molecular weight excluding hydrogens is 309 g/mol. The summed E-state index contributed by atoms with van der Waals surface area (Å²) in [5.41, 5.74) is 1.17. The predicted molar refractivity (Wildman–Crippen MR) is 95.0 cm³/mol. The van der Waals surface area contributed by atoms with Gasteiger partial charge in [0.1, 0.15) is 0 Å². The standard InChI is InChI=1S/C15H25N3O.2ClH/c1-13(12-17-15(19)10-7-11-16-2)18(3)14-8-5-4-6-9-14;;/h4-6,8-9,13,16H,7,10-12H2,1-3H3,(H,17,19);2*1H. The SMILES string of the molecule is CNCCCC(=O)NCC(C)N(C)c1ccccc1.Cl.Cl. The molecule has 0 fully saturated rings. The summed E-state index contributed by atoms with van der Waals surface area (Å²) in [6.07, 6.45) is 1.47. The number of likely N-dealkylation sites (N-methyl/N-ethyl adjacent to an activating group) is 1. The predicted octanol–water partition coefficient (Wildman–Crippen LogP) is 2.47. The van der Waals surface area contributed by atoms with Crippen LogP contribution in [0.25, 0.3) is 0 Å². The molecule has 4 nitrogen and oxygen atoms in total. The first-order chi connectivity index (χ1) is 9.15. The van der Waals surface area contributed by atoms with Crippen molar-refractivity contribution in [1.29, 1.82) is 0 Å². The second-order valence-electron chi connectivity index (χ2n) is 4.81. The molecular formula is C15H27Cl2N3O. The first-order valence-electron chi connectivity index (χ1n) is 6.84. The van der Waals surface area contributed by atoms with Gasteiger partial charge in [-0.05, 0) is 39.1 Å². The first kappa shape index (κ1) is 22.3. The zero-order chi connectivity index (χ0) is 14.1. The third-order valence-corrected chi connectivity index (χ3v) is 3.25. The van der Waals surface area contributed by atoms with Gasteiger partial charge in [0.15, 0.2) is 0 Å². The molecule has 0 saturated heterocycles. The summed E-state index contributed by atoms with van der Waals surface area (Å²) in [6, 6.07) is 10.5. The molecule has 2 N–H and O–H groups in total. The Morgan fingerprint density at radius 1 is 1.24 bits per heavy atom. The monoisotopic (exact) mass is 335 g/mol.